The molecular weight excluding hydrogens is 314 g/mol. The average molecular weight is 350 g/mol. The van der Waals surface area contributed by atoms with Crippen LogP contribution in [0.2, 0.25) is 0 Å². The number of phenolic OH excluding ortho intramolecular Hbond substituents is 1. The molecule has 1 aromatic carbocycles. The lowest BCUT2D eigenvalue weighted by Crippen LogP contribution is -2.32. The molecule has 0 aliphatic heterocycles. The van der Waals surface area contributed by atoms with E-state index in [1.807, 2.05) is 0 Å². The molecule has 0 aliphatic carbocycles. The topological polar surface area (TPSA) is 49.8 Å². The molecule has 0 amide bonds. The number of benzene rings is 1. The van der Waals surface area contributed by atoms with Crippen LogP contribution in [0, 0.1) is 11.8 Å². The zero-order valence-electron chi connectivity index (χ0n) is 16.3. The van der Waals surface area contributed by atoms with Crippen LogP contribution in [0.4, 0.5) is 0 Å². The van der Waals surface area contributed by atoms with Gasteiger partial charge in [0.25, 0.3) is 0 Å². The number of ether oxygens (including phenoxy) is 1. The molecule has 4 heteroatoms. The lowest BCUT2D eigenvalue weighted by atomic mass is 10.1. The summed E-state index contributed by atoms with van der Waals surface area (Å²) in [7, 11) is 0. The Bertz CT molecular complexity index is 472. The zero-order chi connectivity index (χ0) is 18.7. The lowest BCUT2D eigenvalue weighted by Gasteiger charge is -2.26. The van der Waals surface area contributed by atoms with Gasteiger partial charge in [0.1, 0.15) is 5.75 Å². The Morgan fingerprint density at radius 3 is 2.08 bits per heavy atom. The normalized spacial score (nSPS) is 11.5. The smallest absolute Gasteiger partial charge is 0.338 e. The molecule has 0 heterocycles. The highest BCUT2D eigenvalue weighted by atomic mass is 16.5. The van der Waals surface area contributed by atoms with Crippen molar-refractivity contribution in [2.75, 3.05) is 26.2 Å². The second-order valence-corrected chi connectivity index (χ2v) is 7.64. The van der Waals surface area contributed by atoms with E-state index in [9.17, 15) is 9.90 Å². The van der Waals surface area contributed by atoms with Crippen molar-refractivity contribution in [3.05, 3.63) is 29.8 Å². The number of phenols is 1. The zero-order valence-corrected chi connectivity index (χ0v) is 16.3. The highest BCUT2D eigenvalue weighted by Gasteiger charge is 2.09. The summed E-state index contributed by atoms with van der Waals surface area (Å²) in [5.41, 5.74) is 0.482. The fraction of sp³-hybridized carbons (Fsp3) is 0.667. The Kier molecular flexibility index (Phi) is 10.2. The number of carbonyl (C=O) groups excluding carboxylic acids is 1. The summed E-state index contributed by atoms with van der Waals surface area (Å²) >= 11 is 0. The van der Waals surface area contributed by atoms with E-state index in [0.717, 1.165) is 19.4 Å². The van der Waals surface area contributed by atoms with Gasteiger partial charge in [-0.15, -0.1) is 0 Å². The number of unbranched alkanes of at least 4 members (excludes halogenated alkanes) is 3. The minimum Gasteiger partial charge on any atom is -0.508 e. The Morgan fingerprint density at radius 1 is 0.960 bits per heavy atom. The van der Waals surface area contributed by atoms with E-state index >= 15 is 0 Å². The number of aromatic hydroxyl groups is 1. The van der Waals surface area contributed by atoms with Crippen LogP contribution in [0.5, 0.6) is 5.75 Å². The summed E-state index contributed by atoms with van der Waals surface area (Å²) in [6.45, 7) is 13.0. The van der Waals surface area contributed by atoms with Crippen LogP contribution in [0.25, 0.3) is 0 Å². The number of carbonyl (C=O) groups is 1. The van der Waals surface area contributed by atoms with E-state index in [0.29, 0.717) is 24.0 Å². The molecule has 4 nitrogen and oxygen atoms in total. The van der Waals surface area contributed by atoms with Gasteiger partial charge in [-0.05, 0) is 55.5 Å². The molecule has 0 radical (unpaired) electrons. The number of hydrogen-bond acceptors (Lipinski definition) is 4. The maximum absolute atomic E-state index is 11.8. The molecule has 0 aliphatic rings. The van der Waals surface area contributed by atoms with E-state index in [-0.39, 0.29) is 11.7 Å². The van der Waals surface area contributed by atoms with Crippen LogP contribution in [0.3, 0.4) is 0 Å². The molecular formula is C21H35NO3. The lowest BCUT2D eigenvalue weighted by molar-refractivity contribution is 0.0497. The second kappa shape index (κ2) is 11.9. The first-order valence-corrected chi connectivity index (χ1v) is 9.57. The number of rotatable bonds is 12. The van der Waals surface area contributed by atoms with Gasteiger partial charge >= 0.3 is 5.97 Å². The minimum absolute atomic E-state index is 0.153. The molecule has 0 bridgehead atoms. The van der Waals surface area contributed by atoms with Gasteiger partial charge in [0, 0.05) is 13.1 Å². The Hall–Kier alpha value is -1.55. The molecule has 0 saturated heterocycles. The highest BCUT2D eigenvalue weighted by Crippen LogP contribution is 2.11. The van der Waals surface area contributed by atoms with Crippen LogP contribution in [-0.2, 0) is 4.74 Å². The minimum atomic E-state index is -0.319. The van der Waals surface area contributed by atoms with Crippen LogP contribution >= 0.6 is 0 Å². The maximum atomic E-state index is 11.8. The van der Waals surface area contributed by atoms with E-state index in [1.165, 1.54) is 38.1 Å². The Morgan fingerprint density at radius 2 is 1.52 bits per heavy atom. The van der Waals surface area contributed by atoms with Crippen molar-refractivity contribution in [1.82, 2.24) is 4.90 Å². The van der Waals surface area contributed by atoms with Crippen molar-refractivity contribution in [3.8, 4) is 5.75 Å². The molecule has 0 saturated carbocycles. The summed E-state index contributed by atoms with van der Waals surface area (Å²) in [5.74, 6) is 1.25. The van der Waals surface area contributed by atoms with Gasteiger partial charge in [-0.1, -0.05) is 40.5 Å². The quantitative estimate of drug-likeness (QED) is 0.438. The first kappa shape index (κ1) is 21.5. The fourth-order valence-electron chi connectivity index (χ4n) is 2.93. The molecule has 0 spiro atoms. The molecule has 0 atom stereocenters. The molecule has 0 fully saturated rings. The summed E-state index contributed by atoms with van der Waals surface area (Å²) in [6.07, 6.45) is 4.35. The predicted octanol–water partition coefficient (Wildman–Crippen LogP) is 4.72. The van der Waals surface area contributed by atoms with E-state index in [1.54, 1.807) is 12.1 Å². The summed E-state index contributed by atoms with van der Waals surface area (Å²) in [5, 5.41) is 9.21. The largest absolute Gasteiger partial charge is 0.508 e. The van der Waals surface area contributed by atoms with E-state index in [4.69, 9.17) is 4.74 Å². The second-order valence-electron chi connectivity index (χ2n) is 7.64. The SMILES string of the molecule is CC(C)CN(CCCCCCOC(=O)c1ccc(O)cc1)CC(C)C. The van der Waals surface area contributed by atoms with Crippen molar-refractivity contribution < 1.29 is 14.6 Å². The monoisotopic (exact) mass is 349 g/mol. The van der Waals surface area contributed by atoms with Crippen molar-refractivity contribution in [2.45, 2.75) is 53.4 Å². The van der Waals surface area contributed by atoms with Crippen LogP contribution < -0.4 is 0 Å². The van der Waals surface area contributed by atoms with Crippen molar-refractivity contribution in [1.29, 1.82) is 0 Å². The maximum Gasteiger partial charge on any atom is 0.338 e. The van der Waals surface area contributed by atoms with Gasteiger partial charge in [-0.3, -0.25) is 0 Å². The number of esters is 1. The average Bonchev–Trinajstić information content (AvgIpc) is 2.53. The molecule has 1 N–H and O–H groups in total. The summed E-state index contributed by atoms with van der Waals surface area (Å²) < 4.78 is 5.27. The van der Waals surface area contributed by atoms with Crippen LogP contribution in [-0.4, -0.2) is 42.2 Å². The number of hydrogen-bond donors (Lipinski definition) is 1. The van der Waals surface area contributed by atoms with Crippen molar-refractivity contribution in [3.63, 3.8) is 0 Å². The van der Waals surface area contributed by atoms with Gasteiger partial charge < -0.3 is 14.7 Å². The predicted molar refractivity (Wildman–Crippen MR) is 103 cm³/mol. The molecule has 1 aromatic rings. The van der Waals surface area contributed by atoms with Gasteiger partial charge in [0.15, 0.2) is 0 Å². The summed E-state index contributed by atoms with van der Waals surface area (Å²) in [4.78, 5) is 14.4. The number of nitrogens with zero attached hydrogens (tertiary/aromatic N) is 1. The molecule has 142 valence electrons. The van der Waals surface area contributed by atoms with Crippen LogP contribution in [0.1, 0.15) is 63.7 Å². The first-order valence-electron chi connectivity index (χ1n) is 9.57. The van der Waals surface area contributed by atoms with Crippen molar-refractivity contribution in [2.24, 2.45) is 11.8 Å². The van der Waals surface area contributed by atoms with Gasteiger partial charge in [0.05, 0.1) is 12.2 Å². The third-order valence-corrected chi connectivity index (χ3v) is 3.95. The fourth-order valence-corrected chi connectivity index (χ4v) is 2.93. The molecule has 25 heavy (non-hydrogen) atoms. The molecule has 1 rings (SSSR count). The van der Waals surface area contributed by atoms with Gasteiger partial charge in [-0.2, -0.15) is 0 Å². The van der Waals surface area contributed by atoms with Crippen LogP contribution in [0.15, 0.2) is 24.3 Å². The highest BCUT2D eigenvalue weighted by molar-refractivity contribution is 5.89. The van der Waals surface area contributed by atoms with E-state index < -0.39 is 0 Å². The van der Waals surface area contributed by atoms with Crippen molar-refractivity contribution >= 4 is 5.97 Å². The standard InChI is InChI=1S/C21H35NO3/c1-17(2)15-22(16-18(3)4)13-7-5-6-8-14-25-21(24)19-9-11-20(23)12-10-19/h9-12,17-18,23H,5-8,13-16H2,1-4H3. The van der Waals surface area contributed by atoms with E-state index in [2.05, 4.69) is 32.6 Å². The Labute approximate surface area is 153 Å². The summed E-state index contributed by atoms with van der Waals surface area (Å²) in [6, 6.07) is 6.15. The molecule has 0 aromatic heterocycles. The third kappa shape index (κ3) is 10.1. The first-order chi connectivity index (χ1) is 11.9. The third-order valence-electron chi connectivity index (χ3n) is 3.95. The Balaban J connectivity index is 2.12. The van der Waals surface area contributed by atoms with Gasteiger partial charge in [-0.25, -0.2) is 4.79 Å². The molecule has 0 unspecified atom stereocenters. The van der Waals surface area contributed by atoms with Gasteiger partial charge in [0.2, 0.25) is 0 Å².